The lowest BCUT2D eigenvalue weighted by molar-refractivity contribution is -0.384. The van der Waals surface area contributed by atoms with Crippen molar-refractivity contribution in [2.45, 2.75) is 58.4 Å². The Hall–Kier alpha value is -3.08. The number of aryl methyl sites for hydroxylation is 1. The van der Waals surface area contributed by atoms with Crippen LogP contribution in [0.3, 0.4) is 0 Å². The molecule has 0 atom stereocenters. The van der Waals surface area contributed by atoms with Crippen molar-refractivity contribution in [3.05, 3.63) is 43.9 Å². The van der Waals surface area contributed by atoms with Crippen LogP contribution in [0.5, 0.6) is 0 Å². The van der Waals surface area contributed by atoms with Crippen LogP contribution in [0.2, 0.25) is 0 Å². The van der Waals surface area contributed by atoms with E-state index in [9.17, 15) is 19.7 Å². The third kappa shape index (κ3) is 5.50. The minimum Gasteiger partial charge on any atom is -0.407 e. The smallest absolute Gasteiger partial charge is 0.407 e. The number of unbranched alkanes of at least 4 members (excludes halogenated alkanes) is 5. The molecule has 0 bridgehead atoms. The number of non-ortho nitro benzene ring substituents is 1. The van der Waals surface area contributed by atoms with E-state index in [-0.39, 0.29) is 17.8 Å². The van der Waals surface area contributed by atoms with Gasteiger partial charge in [0.2, 0.25) is 11.0 Å². The van der Waals surface area contributed by atoms with Crippen LogP contribution in [0.25, 0.3) is 11.1 Å². The lowest BCUT2D eigenvalue weighted by Gasteiger charge is -2.02. The van der Waals surface area contributed by atoms with Crippen molar-refractivity contribution >= 4 is 39.2 Å². The van der Waals surface area contributed by atoms with Gasteiger partial charge in [0.25, 0.3) is 5.69 Å². The number of oxazole rings is 1. The van der Waals surface area contributed by atoms with Crippen molar-refractivity contribution < 1.29 is 14.1 Å². The van der Waals surface area contributed by atoms with Gasteiger partial charge in [0, 0.05) is 12.5 Å². The zero-order valence-corrected chi connectivity index (χ0v) is 17.4. The minimum atomic E-state index is -0.762. The summed E-state index contributed by atoms with van der Waals surface area (Å²) in [6.45, 7) is 1.89. The van der Waals surface area contributed by atoms with E-state index in [4.69, 9.17) is 4.42 Å². The normalized spacial score (nSPS) is 11.1. The average Bonchev–Trinajstić information content (AvgIpc) is 3.28. The SMILES string of the molecule is CCCCCCCCc1nnc(NC(=O)Cn2c(=O)oc3cc([N+](=O)[O-])ccc32)s1. The highest BCUT2D eigenvalue weighted by atomic mass is 32.1. The number of fused-ring (bicyclic) bond motifs is 1. The van der Waals surface area contributed by atoms with E-state index >= 15 is 0 Å². The Balaban J connectivity index is 1.56. The first-order chi connectivity index (χ1) is 14.5. The molecule has 0 unspecified atom stereocenters. The van der Waals surface area contributed by atoms with Crippen LogP contribution in [0.4, 0.5) is 10.8 Å². The number of carbonyl (C=O) groups is 1. The maximum atomic E-state index is 12.3. The molecule has 3 rings (SSSR count). The monoisotopic (exact) mass is 433 g/mol. The molecule has 1 N–H and O–H groups in total. The number of hydrogen-bond acceptors (Lipinski definition) is 8. The highest BCUT2D eigenvalue weighted by molar-refractivity contribution is 7.15. The fourth-order valence-corrected chi connectivity index (χ4v) is 3.88. The Morgan fingerprint density at radius 3 is 2.77 bits per heavy atom. The molecule has 0 spiro atoms. The number of rotatable bonds is 11. The fraction of sp³-hybridized carbons (Fsp3) is 0.474. The summed E-state index contributed by atoms with van der Waals surface area (Å²) in [7, 11) is 0. The summed E-state index contributed by atoms with van der Waals surface area (Å²) in [5.74, 6) is -1.22. The molecule has 10 nitrogen and oxygen atoms in total. The highest BCUT2D eigenvalue weighted by Gasteiger charge is 2.17. The molecule has 11 heteroatoms. The van der Waals surface area contributed by atoms with Gasteiger partial charge in [0.15, 0.2) is 5.58 Å². The number of anilines is 1. The summed E-state index contributed by atoms with van der Waals surface area (Å²) >= 11 is 1.32. The number of aromatic nitrogens is 3. The minimum absolute atomic E-state index is 0.0548. The molecule has 0 radical (unpaired) electrons. The van der Waals surface area contributed by atoms with Crippen LogP contribution in [0.1, 0.15) is 50.5 Å². The van der Waals surface area contributed by atoms with Crippen LogP contribution in [0.15, 0.2) is 27.4 Å². The maximum Gasteiger partial charge on any atom is 0.420 e. The summed E-state index contributed by atoms with van der Waals surface area (Å²) in [5, 5.41) is 22.8. The Labute approximate surface area is 176 Å². The Morgan fingerprint density at radius 1 is 1.23 bits per heavy atom. The van der Waals surface area contributed by atoms with Gasteiger partial charge in [-0.25, -0.2) is 4.79 Å². The predicted molar refractivity (Wildman–Crippen MR) is 113 cm³/mol. The standard InChI is InChI=1S/C19H23N5O5S/c1-2-3-4-5-6-7-8-17-21-22-18(30-17)20-16(25)12-23-14-10-9-13(24(27)28)11-15(14)29-19(23)26/h9-11H,2-8,12H2,1H3,(H,20,22,25). The zero-order chi connectivity index (χ0) is 21.5. The molecule has 3 aromatic rings. The van der Waals surface area contributed by atoms with Gasteiger partial charge in [0.1, 0.15) is 11.6 Å². The van der Waals surface area contributed by atoms with Crippen molar-refractivity contribution in [2.24, 2.45) is 0 Å². The molecule has 0 saturated heterocycles. The first-order valence-electron chi connectivity index (χ1n) is 9.88. The molecule has 2 aromatic heterocycles. The summed E-state index contributed by atoms with van der Waals surface area (Å²) in [6, 6.07) is 3.80. The van der Waals surface area contributed by atoms with Gasteiger partial charge in [-0.2, -0.15) is 0 Å². The molecule has 1 amide bonds. The van der Waals surface area contributed by atoms with E-state index in [1.165, 1.54) is 49.2 Å². The van der Waals surface area contributed by atoms with Crippen LogP contribution >= 0.6 is 11.3 Å². The highest BCUT2D eigenvalue weighted by Crippen LogP contribution is 2.21. The third-order valence-corrected chi connectivity index (χ3v) is 5.52. The first kappa shape index (κ1) is 21.6. The van der Waals surface area contributed by atoms with Crippen molar-refractivity contribution in [2.75, 3.05) is 5.32 Å². The van der Waals surface area contributed by atoms with Gasteiger partial charge in [-0.05, 0) is 12.5 Å². The summed E-state index contributed by atoms with van der Waals surface area (Å²) in [6.07, 6.45) is 7.96. The number of amides is 1. The van der Waals surface area contributed by atoms with Gasteiger partial charge < -0.3 is 4.42 Å². The number of hydrogen-bond donors (Lipinski definition) is 1. The fourth-order valence-electron chi connectivity index (χ4n) is 3.08. The Morgan fingerprint density at radius 2 is 2.00 bits per heavy atom. The number of nitrogens with zero attached hydrogens (tertiary/aromatic N) is 4. The van der Waals surface area contributed by atoms with Gasteiger partial charge in [-0.3, -0.25) is 24.8 Å². The molecule has 0 aliphatic rings. The van der Waals surface area contributed by atoms with E-state index in [1.807, 2.05) is 0 Å². The molecule has 1 aromatic carbocycles. The second-order valence-corrected chi connectivity index (χ2v) is 7.99. The molecule has 0 fully saturated rings. The molecule has 160 valence electrons. The number of nitro benzene ring substituents is 1. The lowest BCUT2D eigenvalue weighted by atomic mass is 10.1. The van der Waals surface area contributed by atoms with Crippen LogP contribution < -0.4 is 11.1 Å². The topological polar surface area (TPSA) is 133 Å². The molecule has 2 heterocycles. The molecular formula is C19H23N5O5S. The number of nitrogens with one attached hydrogen (secondary N) is 1. The largest absolute Gasteiger partial charge is 0.420 e. The summed E-state index contributed by atoms with van der Waals surface area (Å²) in [5.41, 5.74) is 0.167. The molecule has 0 aliphatic heterocycles. The second-order valence-electron chi connectivity index (χ2n) is 6.93. The van der Waals surface area contributed by atoms with E-state index in [0.29, 0.717) is 10.6 Å². The summed E-state index contributed by atoms with van der Waals surface area (Å²) in [4.78, 5) is 34.7. The van der Waals surface area contributed by atoms with Gasteiger partial charge >= 0.3 is 5.76 Å². The van der Waals surface area contributed by atoms with Crippen LogP contribution in [0, 0.1) is 10.1 Å². The molecule has 0 aliphatic carbocycles. The van der Waals surface area contributed by atoms with Crippen LogP contribution in [-0.4, -0.2) is 25.6 Å². The van der Waals surface area contributed by atoms with Gasteiger partial charge in [-0.15, -0.1) is 10.2 Å². The first-order valence-corrected chi connectivity index (χ1v) is 10.7. The van der Waals surface area contributed by atoms with E-state index in [0.717, 1.165) is 34.9 Å². The average molecular weight is 433 g/mol. The number of carbonyl (C=O) groups excluding carboxylic acids is 1. The van der Waals surface area contributed by atoms with Gasteiger partial charge in [0.05, 0.1) is 16.5 Å². The van der Waals surface area contributed by atoms with Crippen molar-refractivity contribution in [3.63, 3.8) is 0 Å². The Kier molecular flexibility index (Phi) is 7.28. The predicted octanol–water partition coefficient (Wildman–Crippen LogP) is 3.90. The maximum absolute atomic E-state index is 12.3. The number of benzene rings is 1. The van der Waals surface area contributed by atoms with E-state index in [1.54, 1.807) is 0 Å². The summed E-state index contributed by atoms with van der Waals surface area (Å²) < 4.78 is 6.14. The van der Waals surface area contributed by atoms with E-state index in [2.05, 4.69) is 22.4 Å². The van der Waals surface area contributed by atoms with Crippen molar-refractivity contribution in [1.82, 2.24) is 14.8 Å². The van der Waals surface area contributed by atoms with Crippen molar-refractivity contribution in [1.29, 1.82) is 0 Å². The molecule has 0 saturated carbocycles. The quantitative estimate of drug-likeness (QED) is 0.275. The number of nitro groups is 1. The Bertz CT molecular complexity index is 1090. The molecular weight excluding hydrogens is 410 g/mol. The zero-order valence-electron chi connectivity index (χ0n) is 16.6. The molecule has 30 heavy (non-hydrogen) atoms. The third-order valence-electron chi connectivity index (χ3n) is 4.62. The van der Waals surface area contributed by atoms with Crippen molar-refractivity contribution in [3.8, 4) is 0 Å². The lowest BCUT2D eigenvalue weighted by Crippen LogP contribution is -2.24. The second kappa shape index (κ2) is 10.1. The van der Waals surface area contributed by atoms with Gasteiger partial charge in [-0.1, -0.05) is 50.4 Å². The van der Waals surface area contributed by atoms with E-state index < -0.39 is 16.6 Å². The van der Waals surface area contributed by atoms with Crippen LogP contribution in [-0.2, 0) is 17.8 Å².